The topological polar surface area (TPSA) is 67.4 Å². The summed E-state index contributed by atoms with van der Waals surface area (Å²) in [6, 6.07) is 13.7. The third kappa shape index (κ3) is 5.37. The van der Waals surface area contributed by atoms with E-state index >= 15 is 0 Å². The number of carbonyl (C=O) groups excluding carboxylic acids is 2. The molecule has 1 aliphatic rings. The molecule has 2 aromatic carbocycles. The van der Waals surface area contributed by atoms with Crippen LogP contribution in [0.2, 0.25) is 0 Å². The number of ether oxygens (including phenoxy) is 1. The van der Waals surface area contributed by atoms with E-state index in [0.717, 1.165) is 53.8 Å². The van der Waals surface area contributed by atoms with Gasteiger partial charge < -0.3 is 15.4 Å². The maximum atomic E-state index is 12.7. The Morgan fingerprint density at radius 1 is 0.897 bits per heavy atom. The number of anilines is 1. The van der Waals surface area contributed by atoms with Crippen LogP contribution in [0.15, 0.2) is 42.5 Å². The molecule has 0 bridgehead atoms. The van der Waals surface area contributed by atoms with Crippen LogP contribution in [0, 0.1) is 25.7 Å². The van der Waals surface area contributed by atoms with Crippen molar-refractivity contribution < 1.29 is 14.3 Å². The molecule has 3 rings (SSSR count). The van der Waals surface area contributed by atoms with Crippen molar-refractivity contribution in [2.24, 2.45) is 11.8 Å². The lowest BCUT2D eigenvalue weighted by Gasteiger charge is -2.27. The van der Waals surface area contributed by atoms with Gasteiger partial charge in [0.05, 0.1) is 7.11 Å². The molecule has 2 aromatic rings. The van der Waals surface area contributed by atoms with Gasteiger partial charge in [0.1, 0.15) is 5.75 Å². The summed E-state index contributed by atoms with van der Waals surface area (Å²) in [4.78, 5) is 25.2. The maximum Gasteiger partial charge on any atom is 0.227 e. The molecule has 0 radical (unpaired) electrons. The first-order chi connectivity index (χ1) is 14.0. The summed E-state index contributed by atoms with van der Waals surface area (Å²) in [6.45, 7) is 4.52. The molecular weight excluding hydrogens is 364 g/mol. The standard InChI is InChI=1S/C24H30N2O3/c1-16-5-4-6-17(2)22(16)26-24(28)20-11-9-19(10-12-20)23(27)25-15-18-7-13-21(29-3)14-8-18/h4-8,13-14,19-20H,9-12,15H2,1-3H3,(H,25,27)(H,26,28). The predicted octanol–water partition coefficient (Wildman–Crippen LogP) is 4.37. The van der Waals surface area contributed by atoms with Crippen molar-refractivity contribution in [3.8, 4) is 5.75 Å². The first kappa shape index (κ1) is 20.9. The summed E-state index contributed by atoms with van der Waals surface area (Å²) in [5.74, 6) is 0.906. The molecule has 0 unspecified atom stereocenters. The molecule has 1 saturated carbocycles. The SMILES string of the molecule is COc1ccc(CNC(=O)C2CCC(C(=O)Nc3c(C)cccc3C)CC2)cc1. The number of carbonyl (C=O) groups is 2. The zero-order valence-corrected chi connectivity index (χ0v) is 17.5. The Morgan fingerprint density at radius 2 is 1.45 bits per heavy atom. The normalized spacial score (nSPS) is 18.7. The minimum atomic E-state index is -0.0281. The molecule has 2 amide bonds. The fraction of sp³-hybridized carbons (Fsp3) is 0.417. The van der Waals surface area contributed by atoms with E-state index in [-0.39, 0.29) is 23.7 Å². The van der Waals surface area contributed by atoms with Crippen molar-refractivity contribution >= 4 is 17.5 Å². The third-order valence-corrected chi connectivity index (χ3v) is 5.82. The molecule has 0 aromatic heterocycles. The molecule has 5 heteroatoms. The number of benzene rings is 2. The zero-order valence-electron chi connectivity index (χ0n) is 17.5. The number of aryl methyl sites for hydroxylation is 2. The van der Waals surface area contributed by atoms with Gasteiger partial charge in [-0.25, -0.2) is 0 Å². The van der Waals surface area contributed by atoms with Gasteiger partial charge in [-0.3, -0.25) is 9.59 Å². The van der Waals surface area contributed by atoms with Gasteiger partial charge in [-0.2, -0.15) is 0 Å². The number of amides is 2. The number of hydrogen-bond donors (Lipinski definition) is 2. The van der Waals surface area contributed by atoms with E-state index in [1.807, 2.05) is 56.3 Å². The van der Waals surface area contributed by atoms with Crippen LogP contribution < -0.4 is 15.4 Å². The van der Waals surface area contributed by atoms with Gasteiger partial charge in [0.15, 0.2) is 0 Å². The van der Waals surface area contributed by atoms with Crippen molar-refractivity contribution in [1.29, 1.82) is 0 Å². The lowest BCUT2D eigenvalue weighted by Crippen LogP contribution is -2.35. The van der Waals surface area contributed by atoms with Crippen LogP contribution >= 0.6 is 0 Å². The predicted molar refractivity (Wildman–Crippen MR) is 115 cm³/mol. The monoisotopic (exact) mass is 394 g/mol. The zero-order chi connectivity index (χ0) is 20.8. The van der Waals surface area contributed by atoms with Gasteiger partial charge in [-0.05, 0) is 68.4 Å². The molecule has 154 valence electrons. The van der Waals surface area contributed by atoms with E-state index < -0.39 is 0 Å². The minimum Gasteiger partial charge on any atom is -0.497 e. The van der Waals surface area contributed by atoms with Gasteiger partial charge in [-0.15, -0.1) is 0 Å². The first-order valence-corrected chi connectivity index (χ1v) is 10.3. The van der Waals surface area contributed by atoms with Crippen LogP contribution in [0.1, 0.15) is 42.4 Å². The van der Waals surface area contributed by atoms with Crippen LogP contribution in [0.5, 0.6) is 5.75 Å². The first-order valence-electron chi connectivity index (χ1n) is 10.3. The van der Waals surface area contributed by atoms with Crippen molar-refractivity contribution in [3.05, 3.63) is 59.2 Å². The van der Waals surface area contributed by atoms with Gasteiger partial charge >= 0.3 is 0 Å². The van der Waals surface area contributed by atoms with Gasteiger partial charge in [-0.1, -0.05) is 30.3 Å². The van der Waals surface area contributed by atoms with E-state index in [2.05, 4.69) is 10.6 Å². The summed E-state index contributed by atoms with van der Waals surface area (Å²) in [6.07, 6.45) is 2.99. The molecule has 0 aliphatic heterocycles. The van der Waals surface area contributed by atoms with Crippen LogP contribution in [0.4, 0.5) is 5.69 Å². The highest BCUT2D eigenvalue weighted by molar-refractivity contribution is 5.94. The Morgan fingerprint density at radius 3 is 2.00 bits per heavy atom. The molecule has 29 heavy (non-hydrogen) atoms. The molecule has 2 N–H and O–H groups in total. The molecule has 1 fully saturated rings. The lowest BCUT2D eigenvalue weighted by molar-refractivity contribution is -0.128. The maximum absolute atomic E-state index is 12.7. The summed E-state index contributed by atoms with van der Waals surface area (Å²) in [5.41, 5.74) is 4.10. The number of hydrogen-bond acceptors (Lipinski definition) is 3. The van der Waals surface area contributed by atoms with E-state index in [4.69, 9.17) is 4.74 Å². The highest BCUT2D eigenvalue weighted by Crippen LogP contribution is 2.31. The Bertz CT molecular complexity index is 833. The highest BCUT2D eigenvalue weighted by Gasteiger charge is 2.30. The van der Waals surface area contributed by atoms with Crippen molar-refractivity contribution in [1.82, 2.24) is 5.32 Å². The number of rotatable bonds is 6. The van der Waals surface area contributed by atoms with E-state index in [0.29, 0.717) is 6.54 Å². The summed E-state index contributed by atoms with van der Waals surface area (Å²) < 4.78 is 5.15. The molecule has 1 aliphatic carbocycles. The van der Waals surface area contributed by atoms with E-state index in [9.17, 15) is 9.59 Å². The van der Waals surface area contributed by atoms with Crippen LogP contribution in [0.25, 0.3) is 0 Å². The number of para-hydroxylation sites is 1. The molecule has 0 spiro atoms. The average molecular weight is 395 g/mol. The molecule has 0 heterocycles. The third-order valence-electron chi connectivity index (χ3n) is 5.82. The second kappa shape index (κ2) is 9.59. The Balaban J connectivity index is 1.46. The molecule has 0 saturated heterocycles. The van der Waals surface area contributed by atoms with E-state index in [1.54, 1.807) is 7.11 Å². The Kier molecular flexibility index (Phi) is 6.91. The fourth-order valence-electron chi connectivity index (χ4n) is 3.93. The van der Waals surface area contributed by atoms with Crippen LogP contribution in [0.3, 0.4) is 0 Å². The quantitative estimate of drug-likeness (QED) is 0.764. The Labute approximate surface area is 172 Å². The second-order valence-corrected chi connectivity index (χ2v) is 7.87. The second-order valence-electron chi connectivity index (χ2n) is 7.87. The molecule has 5 nitrogen and oxygen atoms in total. The molecular formula is C24H30N2O3. The smallest absolute Gasteiger partial charge is 0.227 e. The average Bonchev–Trinajstić information content (AvgIpc) is 2.75. The fourth-order valence-corrected chi connectivity index (χ4v) is 3.93. The summed E-state index contributed by atoms with van der Waals surface area (Å²) >= 11 is 0. The van der Waals surface area contributed by atoms with Gasteiger partial charge in [0.2, 0.25) is 11.8 Å². The summed E-state index contributed by atoms with van der Waals surface area (Å²) in [5, 5.41) is 6.12. The minimum absolute atomic E-state index is 0.0162. The van der Waals surface area contributed by atoms with Gasteiger partial charge in [0.25, 0.3) is 0 Å². The van der Waals surface area contributed by atoms with Crippen molar-refractivity contribution in [2.75, 3.05) is 12.4 Å². The van der Waals surface area contributed by atoms with Gasteiger partial charge in [0, 0.05) is 24.1 Å². The lowest BCUT2D eigenvalue weighted by atomic mass is 9.81. The van der Waals surface area contributed by atoms with Crippen molar-refractivity contribution in [3.63, 3.8) is 0 Å². The summed E-state index contributed by atoms with van der Waals surface area (Å²) in [7, 11) is 1.63. The number of nitrogens with one attached hydrogen (secondary N) is 2. The van der Waals surface area contributed by atoms with E-state index in [1.165, 1.54) is 0 Å². The van der Waals surface area contributed by atoms with Crippen LogP contribution in [-0.2, 0) is 16.1 Å². The van der Waals surface area contributed by atoms with Crippen LogP contribution in [-0.4, -0.2) is 18.9 Å². The van der Waals surface area contributed by atoms with Crippen molar-refractivity contribution in [2.45, 2.75) is 46.1 Å². The molecule has 0 atom stereocenters. The Hall–Kier alpha value is -2.82. The largest absolute Gasteiger partial charge is 0.497 e. The highest BCUT2D eigenvalue weighted by atomic mass is 16.5. The number of methoxy groups -OCH3 is 1.